The van der Waals surface area contributed by atoms with Crippen molar-refractivity contribution in [1.82, 2.24) is 0 Å². The number of carbonyl (C=O) groups excluding carboxylic acids is 1. The summed E-state index contributed by atoms with van der Waals surface area (Å²) < 4.78 is 0. The van der Waals surface area contributed by atoms with Gasteiger partial charge in [-0.15, -0.1) is 13.2 Å². The molecule has 0 amide bonds. The van der Waals surface area contributed by atoms with Crippen LogP contribution in [0.3, 0.4) is 0 Å². The predicted molar refractivity (Wildman–Crippen MR) is 117 cm³/mol. The van der Waals surface area contributed by atoms with Crippen LogP contribution in [-0.4, -0.2) is 16.9 Å². The fraction of sp³-hybridized carbons (Fsp3) is 0.231. The Balaban J connectivity index is 1.96. The Morgan fingerprint density at radius 2 is 1.38 bits per heavy atom. The first-order valence-electron chi connectivity index (χ1n) is 10.0. The quantitative estimate of drug-likeness (QED) is 0.295. The van der Waals surface area contributed by atoms with E-state index < -0.39 is 17.8 Å². The number of allylic oxidation sites excluding steroid dienone is 2. The molecule has 3 atom stereocenters. The summed E-state index contributed by atoms with van der Waals surface area (Å²) in [6, 6.07) is 15.7. The topological polar surface area (TPSA) is 54.4 Å². The number of hydrogen-bond acceptors (Lipinski definition) is 2. The molecule has 29 heavy (non-hydrogen) atoms. The van der Waals surface area contributed by atoms with Gasteiger partial charge in [0.15, 0.2) is 0 Å². The van der Waals surface area contributed by atoms with E-state index in [4.69, 9.17) is 0 Å². The maximum atomic E-state index is 13.7. The zero-order valence-corrected chi connectivity index (χ0v) is 16.3. The van der Waals surface area contributed by atoms with Crippen LogP contribution in [-0.2, 0) is 9.59 Å². The molecule has 2 aliphatic carbocycles. The Bertz CT molecular complexity index is 1080. The van der Waals surface area contributed by atoms with Gasteiger partial charge in [0.25, 0.3) is 0 Å². The molecule has 0 fully saturated rings. The Morgan fingerprint density at radius 1 is 0.897 bits per heavy atom. The molecule has 146 valence electrons. The first kappa shape index (κ1) is 19.1. The molecular weight excluding hydrogens is 360 g/mol. The minimum absolute atomic E-state index is 0.0482. The van der Waals surface area contributed by atoms with Crippen LogP contribution in [0.5, 0.6) is 0 Å². The molecule has 1 N–H and O–H groups in total. The lowest BCUT2D eigenvalue weighted by molar-refractivity contribution is -0.141. The van der Waals surface area contributed by atoms with Gasteiger partial charge < -0.3 is 5.11 Å². The summed E-state index contributed by atoms with van der Waals surface area (Å²) in [4.78, 5) is 26.1. The highest BCUT2D eigenvalue weighted by Crippen LogP contribution is 2.52. The molecule has 3 nitrogen and oxygen atoms in total. The summed E-state index contributed by atoms with van der Waals surface area (Å²) in [5.41, 5.74) is 1.60. The standard InChI is InChI=1S/C26H24O3/c1-3-5-6-11-16(4-2)25(27)23-21-17-12-7-9-14-19(17)22(24(23)26(28)29)20-15-10-8-13-18(20)21/h3-4,7-10,12-16,23-24H,1-2,5-6,11H2,(H,28,29). The molecule has 0 heterocycles. The molecule has 3 aromatic carbocycles. The van der Waals surface area contributed by atoms with E-state index >= 15 is 0 Å². The lowest BCUT2D eigenvalue weighted by Gasteiger charge is -2.35. The van der Waals surface area contributed by atoms with Gasteiger partial charge in [-0.05, 0) is 51.9 Å². The molecule has 0 saturated heterocycles. The van der Waals surface area contributed by atoms with Gasteiger partial charge in [0.05, 0.1) is 11.8 Å². The van der Waals surface area contributed by atoms with E-state index in [0.717, 1.165) is 45.5 Å². The number of carboxylic acid groups (broad SMARTS) is 1. The number of benzene rings is 3. The highest BCUT2D eigenvalue weighted by molar-refractivity contribution is 6.16. The van der Waals surface area contributed by atoms with Crippen LogP contribution >= 0.6 is 0 Å². The predicted octanol–water partition coefficient (Wildman–Crippen LogP) is 5.99. The van der Waals surface area contributed by atoms with Gasteiger partial charge in [-0.2, -0.15) is 0 Å². The number of ketones is 1. The van der Waals surface area contributed by atoms with Crippen LogP contribution in [0.1, 0.15) is 42.2 Å². The normalized spacial score (nSPS) is 18.6. The van der Waals surface area contributed by atoms with E-state index in [-0.39, 0.29) is 11.7 Å². The third-order valence-electron chi connectivity index (χ3n) is 6.12. The molecule has 0 spiro atoms. The molecule has 0 saturated carbocycles. The highest BCUT2D eigenvalue weighted by Gasteiger charge is 2.45. The number of carbonyl (C=O) groups is 2. The average molecular weight is 384 g/mol. The molecule has 0 aromatic heterocycles. The molecule has 3 aromatic rings. The molecular formula is C26H24O3. The lowest BCUT2D eigenvalue weighted by Crippen LogP contribution is -2.34. The van der Waals surface area contributed by atoms with Gasteiger partial charge in [-0.1, -0.05) is 60.7 Å². The second-order valence-corrected chi connectivity index (χ2v) is 7.68. The van der Waals surface area contributed by atoms with Crippen molar-refractivity contribution >= 4 is 33.3 Å². The molecule has 2 aliphatic rings. The average Bonchev–Trinajstić information content (AvgIpc) is 2.75. The van der Waals surface area contributed by atoms with Gasteiger partial charge in [0.2, 0.25) is 0 Å². The second-order valence-electron chi connectivity index (χ2n) is 7.68. The number of Topliss-reactive ketones (excluding diaryl/α,β-unsaturated/α-hetero) is 1. The number of hydrogen-bond donors (Lipinski definition) is 1. The van der Waals surface area contributed by atoms with Gasteiger partial charge in [0, 0.05) is 5.92 Å². The fourth-order valence-corrected chi connectivity index (χ4v) is 4.86. The van der Waals surface area contributed by atoms with Crippen molar-refractivity contribution < 1.29 is 14.7 Å². The van der Waals surface area contributed by atoms with Crippen molar-refractivity contribution in [1.29, 1.82) is 0 Å². The first-order chi connectivity index (χ1) is 14.1. The summed E-state index contributed by atoms with van der Waals surface area (Å²) >= 11 is 0. The number of carboxylic acids is 1. The van der Waals surface area contributed by atoms with Crippen molar-refractivity contribution in [3.05, 3.63) is 85.0 Å². The van der Waals surface area contributed by atoms with Crippen LogP contribution < -0.4 is 0 Å². The third kappa shape index (κ3) is 2.98. The summed E-state index contributed by atoms with van der Waals surface area (Å²) in [5, 5.41) is 14.0. The largest absolute Gasteiger partial charge is 0.481 e. The highest BCUT2D eigenvalue weighted by atomic mass is 16.4. The molecule has 3 unspecified atom stereocenters. The molecule has 2 bridgehead atoms. The van der Waals surface area contributed by atoms with Gasteiger partial charge in [0.1, 0.15) is 5.78 Å². The Morgan fingerprint density at radius 3 is 1.79 bits per heavy atom. The van der Waals surface area contributed by atoms with Crippen LogP contribution in [0, 0.1) is 5.92 Å². The smallest absolute Gasteiger partial charge is 0.312 e. The Hall–Kier alpha value is -3.20. The van der Waals surface area contributed by atoms with Crippen molar-refractivity contribution in [2.24, 2.45) is 5.92 Å². The number of rotatable bonds is 8. The second kappa shape index (κ2) is 7.67. The lowest BCUT2D eigenvalue weighted by atomic mass is 9.65. The summed E-state index contributed by atoms with van der Waals surface area (Å²) in [7, 11) is 0. The first-order valence-corrected chi connectivity index (χ1v) is 10.0. The Kier molecular flexibility index (Phi) is 5.06. The van der Waals surface area contributed by atoms with E-state index in [2.05, 4.69) is 13.2 Å². The van der Waals surface area contributed by atoms with Crippen LogP contribution in [0.25, 0.3) is 21.5 Å². The SMILES string of the molecule is C=CCCCC(C=C)C(=O)C1c2c3ccccc3c(c3ccccc23)C1C(=O)O. The molecule has 3 heteroatoms. The van der Waals surface area contributed by atoms with Crippen LogP contribution in [0.2, 0.25) is 0 Å². The minimum Gasteiger partial charge on any atom is -0.481 e. The van der Waals surface area contributed by atoms with E-state index in [1.807, 2.05) is 54.6 Å². The summed E-state index contributed by atoms with van der Waals surface area (Å²) in [6.07, 6.45) is 5.82. The van der Waals surface area contributed by atoms with Gasteiger partial charge in [-0.3, -0.25) is 9.59 Å². The van der Waals surface area contributed by atoms with E-state index in [0.29, 0.717) is 6.42 Å². The van der Waals surface area contributed by atoms with E-state index in [1.54, 1.807) is 6.08 Å². The van der Waals surface area contributed by atoms with E-state index in [9.17, 15) is 14.7 Å². The Labute approximate surface area is 170 Å². The van der Waals surface area contributed by atoms with Gasteiger partial charge in [-0.25, -0.2) is 0 Å². The minimum atomic E-state index is -0.950. The zero-order chi connectivity index (χ0) is 20.5. The van der Waals surface area contributed by atoms with Crippen molar-refractivity contribution in [3.63, 3.8) is 0 Å². The maximum absolute atomic E-state index is 13.7. The maximum Gasteiger partial charge on any atom is 0.312 e. The molecule has 5 rings (SSSR count). The number of fused-ring (bicyclic) bond motifs is 1. The summed E-state index contributed by atoms with van der Waals surface area (Å²) in [5.74, 6) is -2.93. The van der Waals surface area contributed by atoms with Crippen molar-refractivity contribution in [2.45, 2.75) is 31.1 Å². The zero-order valence-electron chi connectivity index (χ0n) is 16.3. The van der Waals surface area contributed by atoms with E-state index in [1.165, 1.54) is 0 Å². The number of aliphatic carboxylic acids is 1. The molecule has 0 radical (unpaired) electrons. The fourth-order valence-electron chi connectivity index (χ4n) is 4.86. The third-order valence-corrected chi connectivity index (χ3v) is 6.12. The molecule has 0 aliphatic heterocycles. The summed E-state index contributed by atoms with van der Waals surface area (Å²) in [6.45, 7) is 7.60. The van der Waals surface area contributed by atoms with Crippen molar-refractivity contribution in [3.8, 4) is 0 Å². The van der Waals surface area contributed by atoms with Gasteiger partial charge >= 0.3 is 5.97 Å². The van der Waals surface area contributed by atoms with Crippen LogP contribution in [0.4, 0.5) is 0 Å². The monoisotopic (exact) mass is 384 g/mol. The van der Waals surface area contributed by atoms with Crippen LogP contribution in [0.15, 0.2) is 73.8 Å². The van der Waals surface area contributed by atoms with Crippen molar-refractivity contribution in [2.75, 3.05) is 0 Å². The number of unbranched alkanes of at least 4 members (excludes halogenated alkanes) is 1.